The van der Waals surface area contributed by atoms with E-state index in [1.807, 2.05) is 0 Å². The average molecular weight is 417 g/mol. The Morgan fingerprint density at radius 3 is 2.50 bits per heavy atom. The predicted octanol–water partition coefficient (Wildman–Crippen LogP) is 1.02. The summed E-state index contributed by atoms with van der Waals surface area (Å²) in [5, 5.41) is 15.8. The molecule has 0 aromatic rings. The van der Waals surface area contributed by atoms with Crippen molar-refractivity contribution in [2.45, 2.75) is 69.1 Å². The van der Waals surface area contributed by atoms with Gasteiger partial charge < -0.3 is 20.5 Å². The van der Waals surface area contributed by atoms with Crippen molar-refractivity contribution in [1.29, 1.82) is 0 Å². The summed E-state index contributed by atoms with van der Waals surface area (Å²) >= 11 is 0. The molecule has 0 radical (unpaired) electrons. The maximum atomic E-state index is 11.1. The molecular weight excluding hydrogens is 384 g/mol. The summed E-state index contributed by atoms with van der Waals surface area (Å²) < 4.78 is 37.1. The second kappa shape index (κ2) is 7.50. The smallest absolute Gasteiger partial charge is 0.320 e. The molecule has 4 unspecified atom stereocenters. The highest BCUT2D eigenvalue weighted by atomic mass is 32.2. The number of nitrogens with one attached hydrogen (secondary N) is 2. The lowest BCUT2D eigenvalue weighted by Crippen LogP contribution is -2.63. The molecule has 5 fully saturated rings. The van der Waals surface area contributed by atoms with Crippen molar-refractivity contribution < 1.29 is 27.6 Å². The number of carboxylic acids is 1. The minimum absolute atomic E-state index is 0.0345. The fourth-order valence-electron chi connectivity index (χ4n) is 6.75. The minimum atomic E-state index is -3.90. The second-order valence-electron chi connectivity index (χ2n) is 9.78. The molecule has 4 saturated carbocycles. The van der Waals surface area contributed by atoms with E-state index in [1.54, 1.807) is 0 Å². The molecule has 4 aliphatic carbocycles. The first kappa shape index (κ1) is 20.5. The van der Waals surface area contributed by atoms with E-state index in [9.17, 15) is 13.2 Å². The summed E-state index contributed by atoms with van der Waals surface area (Å²) in [5.41, 5.74) is 0.214. The van der Waals surface area contributed by atoms with Crippen LogP contribution in [-0.2, 0) is 19.6 Å². The van der Waals surface area contributed by atoms with E-state index in [4.69, 9.17) is 14.4 Å². The van der Waals surface area contributed by atoms with E-state index in [2.05, 4.69) is 10.6 Å². The summed E-state index contributed by atoms with van der Waals surface area (Å²) in [6, 6.07) is -0.503. The quantitative estimate of drug-likeness (QED) is 0.324. The third-order valence-electron chi connectivity index (χ3n) is 7.28. The highest BCUT2D eigenvalue weighted by Gasteiger charge is 2.57. The van der Waals surface area contributed by atoms with Crippen LogP contribution in [0.5, 0.6) is 0 Å². The molecule has 0 amide bonds. The van der Waals surface area contributed by atoms with Crippen LogP contribution in [0.1, 0.15) is 51.4 Å². The van der Waals surface area contributed by atoms with Gasteiger partial charge in [-0.3, -0.25) is 9.35 Å². The van der Waals surface area contributed by atoms with Crippen LogP contribution in [-0.4, -0.2) is 67.2 Å². The molecule has 4 N–H and O–H groups in total. The monoisotopic (exact) mass is 416 g/mol. The topological polar surface area (TPSA) is 125 Å². The van der Waals surface area contributed by atoms with Crippen LogP contribution in [0.2, 0.25) is 0 Å². The Hall–Kier alpha value is -0.740. The zero-order chi connectivity index (χ0) is 20.0. The first-order chi connectivity index (χ1) is 13.2. The van der Waals surface area contributed by atoms with Gasteiger partial charge in [0.05, 0.1) is 18.5 Å². The van der Waals surface area contributed by atoms with Gasteiger partial charge in [0, 0.05) is 18.5 Å². The third kappa shape index (κ3) is 4.53. The van der Waals surface area contributed by atoms with Gasteiger partial charge in [0.25, 0.3) is 10.1 Å². The van der Waals surface area contributed by atoms with Gasteiger partial charge in [0.15, 0.2) is 0 Å². The zero-order valence-electron chi connectivity index (χ0n) is 16.2. The van der Waals surface area contributed by atoms with E-state index in [1.165, 1.54) is 19.3 Å². The van der Waals surface area contributed by atoms with Gasteiger partial charge in [-0.15, -0.1) is 0 Å². The average Bonchev–Trinajstić information content (AvgIpc) is 3.05. The SMILES string of the molecule is O=C(O)C1CC(OCC23CC4CC(C2)CC(NCCCS(=O)(=O)O)(C4)C3)CN1. The molecular formula is C19H32N2O6S. The Balaban J connectivity index is 1.34. The molecule has 5 rings (SSSR count). The van der Waals surface area contributed by atoms with Gasteiger partial charge in [-0.1, -0.05) is 0 Å². The van der Waals surface area contributed by atoms with Crippen molar-refractivity contribution in [3.05, 3.63) is 0 Å². The Bertz CT molecular complexity index is 697. The standard InChI is InChI=1S/C19H32N2O6S/c22-17(23)16-5-15(10-20-16)27-12-18-6-13-4-14(7-18)9-19(8-13,11-18)21-2-1-3-28(24,25)26/h13-16,20-21H,1-12H2,(H,22,23)(H,24,25,26). The fraction of sp³-hybridized carbons (Fsp3) is 0.947. The Morgan fingerprint density at radius 2 is 1.89 bits per heavy atom. The van der Waals surface area contributed by atoms with Crippen molar-refractivity contribution in [3.8, 4) is 0 Å². The summed E-state index contributed by atoms with van der Waals surface area (Å²) in [5.74, 6) is 0.366. The lowest BCUT2D eigenvalue weighted by atomic mass is 9.47. The number of hydrogen-bond donors (Lipinski definition) is 4. The number of ether oxygens (including phenoxy) is 1. The van der Waals surface area contributed by atoms with Crippen molar-refractivity contribution in [2.24, 2.45) is 17.3 Å². The molecule has 4 atom stereocenters. The molecule has 0 aromatic heterocycles. The van der Waals surface area contributed by atoms with E-state index in [0.717, 1.165) is 19.3 Å². The highest BCUT2D eigenvalue weighted by Crippen LogP contribution is 2.61. The van der Waals surface area contributed by atoms with Crippen LogP contribution in [0, 0.1) is 17.3 Å². The van der Waals surface area contributed by atoms with Crippen molar-refractivity contribution >= 4 is 16.1 Å². The Labute approximate surface area is 166 Å². The summed E-state index contributed by atoms with van der Waals surface area (Å²) in [7, 11) is -3.90. The van der Waals surface area contributed by atoms with Crippen molar-refractivity contribution in [1.82, 2.24) is 10.6 Å². The zero-order valence-corrected chi connectivity index (χ0v) is 17.0. The number of aliphatic carboxylic acids is 1. The Morgan fingerprint density at radius 1 is 1.18 bits per heavy atom. The molecule has 0 aromatic carbocycles. The molecule has 1 heterocycles. The molecule has 8 nitrogen and oxygen atoms in total. The van der Waals surface area contributed by atoms with Gasteiger partial charge in [0.1, 0.15) is 6.04 Å². The molecule has 1 saturated heterocycles. The summed E-state index contributed by atoms with van der Waals surface area (Å²) in [6.07, 6.45) is 7.88. The van der Waals surface area contributed by atoms with E-state index < -0.39 is 22.1 Å². The molecule has 1 aliphatic heterocycles. The van der Waals surface area contributed by atoms with Crippen LogP contribution < -0.4 is 10.6 Å². The molecule has 4 bridgehead atoms. The summed E-state index contributed by atoms with van der Waals surface area (Å²) in [4.78, 5) is 11.1. The first-order valence-electron chi connectivity index (χ1n) is 10.4. The van der Waals surface area contributed by atoms with Gasteiger partial charge in [-0.05, 0) is 68.7 Å². The van der Waals surface area contributed by atoms with Crippen LogP contribution in [0.15, 0.2) is 0 Å². The molecule has 9 heteroatoms. The van der Waals surface area contributed by atoms with Crippen LogP contribution in [0.3, 0.4) is 0 Å². The number of rotatable bonds is 9. The Kier molecular flexibility index (Phi) is 5.50. The summed E-state index contributed by atoms with van der Waals surface area (Å²) in [6.45, 7) is 1.88. The van der Waals surface area contributed by atoms with E-state index >= 15 is 0 Å². The lowest BCUT2D eigenvalue weighted by molar-refractivity contribution is -0.139. The number of carbonyl (C=O) groups is 1. The third-order valence-corrected chi connectivity index (χ3v) is 8.08. The molecule has 28 heavy (non-hydrogen) atoms. The van der Waals surface area contributed by atoms with Crippen LogP contribution >= 0.6 is 0 Å². The van der Waals surface area contributed by atoms with Gasteiger partial charge in [-0.25, -0.2) is 0 Å². The second-order valence-corrected chi connectivity index (χ2v) is 11.3. The molecule has 0 spiro atoms. The fourth-order valence-corrected chi connectivity index (χ4v) is 7.26. The van der Waals surface area contributed by atoms with E-state index in [0.29, 0.717) is 44.4 Å². The molecule has 160 valence electrons. The van der Waals surface area contributed by atoms with Crippen LogP contribution in [0.4, 0.5) is 0 Å². The maximum absolute atomic E-state index is 11.1. The maximum Gasteiger partial charge on any atom is 0.320 e. The van der Waals surface area contributed by atoms with Gasteiger partial charge >= 0.3 is 5.97 Å². The largest absolute Gasteiger partial charge is 0.480 e. The van der Waals surface area contributed by atoms with Crippen molar-refractivity contribution in [2.75, 3.05) is 25.4 Å². The van der Waals surface area contributed by atoms with Gasteiger partial charge in [-0.2, -0.15) is 8.42 Å². The lowest BCUT2D eigenvalue weighted by Gasteiger charge is -2.62. The van der Waals surface area contributed by atoms with E-state index in [-0.39, 0.29) is 22.8 Å². The van der Waals surface area contributed by atoms with Crippen LogP contribution in [0.25, 0.3) is 0 Å². The number of carboxylic acid groups (broad SMARTS) is 1. The first-order valence-corrected chi connectivity index (χ1v) is 12.0. The highest BCUT2D eigenvalue weighted by molar-refractivity contribution is 7.85. The normalized spacial score (nSPS) is 42.2. The van der Waals surface area contributed by atoms with Crippen molar-refractivity contribution in [3.63, 3.8) is 0 Å². The minimum Gasteiger partial charge on any atom is -0.480 e. The molecule has 5 aliphatic rings. The predicted molar refractivity (Wildman–Crippen MR) is 103 cm³/mol. The number of hydrogen-bond acceptors (Lipinski definition) is 6. The van der Waals surface area contributed by atoms with Gasteiger partial charge in [0.2, 0.25) is 0 Å².